The Morgan fingerprint density at radius 3 is 2.22 bits per heavy atom. The van der Waals surface area contributed by atoms with Gasteiger partial charge in [-0.15, -0.1) is 0 Å². The highest BCUT2D eigenvalue weighted by atomic mass is 19.4. The molecule has 18 heavy (non-hydrogen) atoms. The number of rotatable bonds is 3. The first kappa shape index (κ1) is 12.4. The molecule has 0 aliphatic carbocycles. The quantitative estimate of drug-likeness (QED) is 0.759. The van der Waals surface area contributed by atoms with Crippen LogP contribution in [0.1, 0.15) is 11.1 Å². The smallest absolute Gasteiger partial charge is 0.445 e. The zero-order chi connectivity index (χ0) is 13.0. The molecule has 0 radical (unpaired) electrons. The summed E-state index contributed by atoms with van der Waals surface area (Å²) in [6.45, 7) is -4.99. The van der Waals surface area contributed by atoms with Crippen LogP contribution in [0.5, 0.6) is 0 Å². The highest BCUT2D eigenvalue weighted by Gasteiger charge is 2.25. The molecule has 1 aromatic carbocycles. The molecule has 0 bridgehead atoms. The lowest BCUT2D eigenvalue weighted by Crippen LogP contribution is -2.34. The first-order valence-corrected chi connectivity index (χ1v) is 5.44. The van der Waals surface area contributed by atoms with Crippen molar-refractivity contribution in [1.29, 1.82) is 0 Å². The second-order valence-corrected chi connectivity index (χ2v) is 3.87. The van der Waals surface area contributed by atoms with E-state index in [2.05, 4.69) is 4.98 Å². The molecule has 1 nitrogen and oxygen atoms in total. The molecule has 0 spiro atoms. The number of pyridine rings is 1. The second-order valence-electron chi connectivity index (χ2n) is 3.87. The first-order chi connectivity index (χ1) is 8.55. The van der Waals surface area contributed by atoms with E-state index in [1.165, 1.54) is 6.20 Å². The minimum Gasteiger partial charge on any atom is -0.445 e. The number of hydrogen-bond acceptors (Lipinski definition) is 1. The Balaban J connectivity index is 2.23. The minimum absolute atomic E-state index is 0.440. The molecule has 0 aliphatic rings. The van der Waals surface area contributed by atoms with E-state index in [1.807, 2.05) is 30.3 Å². The Morgan fingerprint density at radius 2 is 1.56 bits per heavy atom. The van der Waals surface area contributed by atoms with E-state index in [1.54, 1.807) is 12.2 Å². The summed E-state index contributed by atoms with van der Waals surface area (Å²) in [5, 5.41) is 0. The molecule has 0 saturated heterocycles. The number of aromatic nitrogens is 1. The van der Waals surface area contributed by atoms with Crippen LogP contribution in [0.3, 0.4) is 0 Å². The summed E-state index contributed by atoms with van der Waals surface area (Å²) >= 11 is 0. The van der Waals surface area contributed by atoms with Gasteiger partial charge in [0.1, 0.15) is 0 Å². The zero-order valence-corrected chi connectivity index (χ0v) is 9.43. The van der Waals surface area contributed by atoms with E-state index >= 15 is 0 Å². The van der Waals surface area contributed by atoms with Gasteiger partial charge < -0.3 is 12.9 Å². The van der Waals surface area contributed by atoms with Gasteiger partial charge in [0.25, 0.3) is 0 Å². The summed E-state index contributed by atoms with van der Waals surface area (Å²) in [4.78, 5) is 3.61. The van der Waals surface area contributed by atoms with Gasteiger partial charge in [0, 0.05) is 6.20 Å². The Bertz CT molecular complexity index is 550. The van der Waals surface area contributed by atoms with Crippen LogP contribution in [0.2, 0.25) is 0 Å². The number of nitrogens with zero attached hydrogens (tertiary/aromatic N) is 1. The standard InChI is InChI=1S/C13H10BF3N/c15-14(16,17)13-8-12(9-18-10-13)7-6-11-4-2-1-3-5-11/h1-10H/q-1/b7-6+. The van der Waals surface area contributed by atoms with Gasteiger partial charge in [-0.3, -0.25) is 4.98 Å². The van der Waals surface area contributed by atoms with E-state index in [0.29, 0.717) is 5.56 Å². The van der Waals surface area contributed by atoms with Crippen molar-refractivity contribution in [3.05, 3.63) is 59.9 Å². The van der Waals surface area contributed by atoms with E-state index < -0.39 is 12.4 Å². The molecule has 92 valence electrons. The molecule has 0 unspecified atom stereocenters. The Morgan fingerprint density at radius 1 is 0.889 bits per heavy atom. The van der Waals surface area contributed by atoms with Gasteiger partial charge in [0.05, 0.1) is 0 Å². The van der Waals surface area contributed by atoms with E-state index in [-0.39, 0.29) is 0 Å². The van der Waals surface area contributed by atoms with E-state index in [9.17, 15) is 12.9 Å². The van der Waals surface area contributed by atoms with Gasteiger partial charge in [0.2, 0.25) is 0 Å². The van der Waals surface area contributed by atoms with Gasteiger partial charge in [-0.2, -0.15) is 0 Å². The third-order valence-electron chi connectivity index (χ3n) is 2.43. The summed E-state index contributed by atoms with van der Waals surface area (Å²) < 4.78 is 37.6. The van der Waals surface area contributed by atoms with Crippen molar-refractivity contribution < 1.29 is 12.9 Å². The normalized spacial score (nSPS) is 11.9. The predicted octanol–water partition coefficient (Wildman–Crippen LogP) is 3.31. The Labute approximate surface area is 103 Å². The summed E-state index contributed by atoms with van der Waals surface area (Å²) in [6.07, 6.45) is 5.63. The van der Waals surface area contributed by atoms with Gasteiger partial charge >= 0.3 is 6.98 Å². The molecule has 2 aromatic rings. The molecule has 2 rings (SSSR count). The van der Waals surface area contributed by atoms with Crippen LogP contribution in [0, 0.1) is 0 Å². The molecule has 0 atom stereocenters. The lowest BCUT2D eigenvalue weighted by Gasteiger charge is -2.14. The van der Waals surface area contributed by atoms with Crippen LogP contribution in [-0.2, 0) is 0 Å². The topological polar surface area (TPSA) is 12.9 Å². The van der Waals surface area contributed by atoms with Gasteiger partial charge in [-0.05, 0) is 17.3 Å². The number of benzene rings is 1. The molecular formula is C13H10BF3N-. The maximum Gasteiger partial charge on any atom is 0.511 e. The van der Waals surface area contributed by atoms with Crippen molar-refractivity contribution in [2.45, 2.75) is 0 Å². The van der Waals surface area contributed by atoms with Crippen LogP contribution in [0.4, 0.5) is 12.9 Å². The highest BCUT2D eigenvalue weighted by molar-refractivity contribution is 6.73. The third kappa shape index (κ3) is 3.23. The third-order valence-corrected chi connectivity index (χ3v) is 2.43. The molecule has 0 aliphatic heterocycles. The first-order valence-electron chi connectivity index (χ1n) is 5.44. The summed E-state index contributed by atoms with van der Waals surface area (Å²) in [5.41, 5.74) is 0.696. The van der Waals surface area contributed by atoms with Crippen LogP contribution < -0.4 is 5.46 Å². The molecule has 0 saturated carbocycles. The summed E-state index contributed by atoms with van der Waals surface area (Å²) in [6, 6.07) is 10.5. The lowest BCUT2D eigenvalue weighted by molar-refractivity contribution is 0.500. The molecule has 1 heterocycles. The Hall–Kier alpha value is -2.04. The van der Waals surface area contributed by atoms with Crippen LogP contribution >= 0.6 is 0 Å². The monoisotopic (exact) mass is 248 g/mol. The average Bonchev–Trinajstić information content (AvgIpc) is 2.37. The van der Waals surface area contributed by atoms with Crippen LogP contribution in [0.25, 0.3) is 12.2 Å². The molecule has 0 amide bonds. The molecule has 5 heteroatoms. The van der Waals surface area contributed by atoms with Crippen molar-refractivity contribution in [1.82, 2.24) is 4.98 Å². The van der Waals surface area contributed by atoms with E-state index in [4.69, 9.17) is 0 Å². The molecule has 0 N–H and O–H groups in total. The van der Waals surface area contributed by atoms with Gasteiger partial charge in [-0.1, -0.05) is 54.0 Å². The fraction of sp³-hybridized carbons (Fsp3) is 0. The average molecular weight is 248 g/mol. The minimum atomic E-state index is -4.99. The van der Waals surface area contributed by atoms with Crippen LogP contribution in [0.15, 0.2) is 48.8 Å². The van der Waals surface area contributed by atoms with Crippen molar-refractivity contribution in [2.75, 3.05) is 0 Å². The Kier molecular flexibility index (Phi) is 3.51. The van der Waals surface area contributed by atoms with Crippen LogP contribution in [-0.4, -0.2) is 12.0 Å². The number of halogens is 3. The molecule has 0 fully saturated rings. The maximum atomic E-state index is 12.5. The largest absolute Gasteiger partial charge is 0.511 e. The van der Waals surface area contributed by atoms with Gasteiger partial charge in [0.15, 0.2) is 0 Å². The zero-order valence-electron chi connectivity index (χ0n) is 9.43. The summed E-state index contributed by atoms with van der Waals surface area (Å²) in [5.74, 6) is 0. The van der Waals surface area contributed by atoms with Gasteiger partial charge in [-0.25, -0.2) is 0 Å². The molecular weight excluding hydrogens is 238 g/mol. The van der Waals surface area contributed by atoms with Crippen molar-refractivity contribution >= 4 is 24.6 Å². The summed E-state index contributed by atoms with van der Waals surface area (Å²) in [7, 11) is 0. The lowest BCUT2D eigenvalue weighted by atomic mass is 9.81. The fourth-order valence-electron chi connectivity index (χ4n) is 1.50. The maximum absolute atomic E-state index is 12.5. The van der Waals surface area contributed by atoms with Crippen molar-refractivity contribution in [3.63, 3.8) is 0 Å². The highest BCUT2D eigenvalue weighted by Crippen LogP contribution is 2.11. The second kappa shape index (κ2) is 5.08. The molecule has 1 aromatic heterocycles. The van der Waals surface area contributed by atoms with E-state index in [0.717, 1.165) is 17.8 Å². The SMILES string of the molecule is F[B-](F)(F)c1cncc(/C=C/c2ccccc2)c1. The van der Waals surface area contributed by atoms with Crippen molar-refractivity contribution in [3.8, 4) is 0 Å². The predicted molar refractivity (Wildman–Crippen MR) is 68.3 cm³/mol. The van der Waals surface area contributed by atoms with Crippen molar-refractivity contribution in [2.24, 2.45) is 0 Å². The fourth-order valence-corrected chi connectivity index (χ4v) is 1.50. The number of hydrogen-bond donors (Lipinski definition) is 0.